The summed E-state index contributed by atoms with van der Waals surface area (Å²) in [6.07, 6.45) is 0. The van der Waals surface area contributed by atoms with Gasteiger partial charge in [0.15, 0.2) is 0 Å². The van der Waals surface area contributed by atoms with Crippen LogP contribution in [0.5, 0.6) is 0 Å². The van der Waals surface area contributed by atoms with Gasteiger partial charge in [-0.25, -0.2) is 4.31 Å². The van der Waals surface area contributed by atoms with Crippen molar-refractivity contribution in [3.63, 3.8) is 0 Å². The number of rotatable bonds is 3. The monoisotopic (exact) mass is 289 g/mol. The Morgan fingerprint density at radius 3 is 2.35 bits per heavy atom. The summed E-state index contributed by atoms with van der Waals surface area (Å²) in [7, 11) is -4.57. The topological polar surface area (TPSA) is 107 Å². The second-order valence-corrected chi connectivity index (χ2v) is 5.22. The van der Waals surface area contributed by atoms with Gasteiger partial charge in [-0.05, 0) is 30.3 Å². The number of nitriles is 1. The molecular weight excluding hydrogens is 278 g/mol. The van der Waals surface area contributed by atoms with E-state index < -0.39 is 10.3 Å². The fraction of sp³-hybridized carbons (Fsp3) is 0. The van der Waals surface area contributed by atoms with E-state index in [0.29, 0.717) is 4.31 Å². The van der Waals surface area contributed by atoms with Gasteiger partial charge >= 0.3 is 10.3 Å². The molecule has 6 nitrogen and oxygen atoms in total. The molecule has 0 spiro atoms. The number of hydrogen-bond acceptors (Lipinski definition) is 4. The van der Waals surface area contributed by atoms with E-state index in [2.05, 4.69) is 0 Å². The van der Waals surface area contributed by atoms with Crippen molar-refractivity contribution in [2.24, 2.45) is 0 Å². The summed E-state index contributed by atoms with van der Waals surface area (Å²) >= 11 is 0. The first-order valence-corrected chi connectivity index (χ1v) is 6.95. The molecule has 0 aliphatic heterocycles. The van der Waals surface area contributed by atoms with Crippen molar-refractivity contribution in [1.29, 1.82) is 5.26 Å². The molecule has 0 aliphatic rings. The Kier molecular flexibility index (Phi) is 3.61. The SMILES string of the molecule is N#Cc1ccc(N)c(N(c2ccccc2)S(=O)(=O)O)c1. The summed E-state index contributed by atoms with van der Waals surface area (Å²) in [5.41, 5.74) is 6.36. The molecule has 0 aromatic heterocycles. The molecule has 0 radical (unpaired) electrons. The predicted molar refractivity (Wildman–Crippen MR) is 75.7 cm³/mol. The minimum absolute atomic E-state index is 0.0257. The molecule has 3 N–H and O–H groups in total. The molecule has 20 heavy (non-hydrogen) atoms. The van der Waals surface area contributed by atoms with Crippen LogP contribution in [0.2, 0.25) is 0 Å². The van der Waals surface area contributed by atoms with Crippen LogP contribution in [0.4, 0.5) is 17.1 Å². The number of nitrogens with zero attached hydrogens (tertiary/aromatic N) is 2. The Labute approximate surface area is 116 Å². The van der Waals surface area contributed by atoms with Crippen molar-refractivity contribution >= 4 is 27.4 Å². The number of para-hydroxylation sites is 1. The molecule has 0 amide bonds. The first-order valence-electron chi connectivity index (χ1n) is 5.56. The molecule has 0 unspecified atom stereocenters. The fourth-order valence-electron chi connectivity index (χ4n) is 1.75. The maximum Gasteiger partial charge on any atom is 0.364 e. The van der Waals surface area contributed by atoms with E-state index in [1.165, 1.54) is 30.3 Å². The zero-order chi connectivity index (χ0) is 14.8. The first kappa shape index (κ1) is 13.9. The van der Waals surface area contributed by atoms with E-state index in [-0.39, 0.29) is 22.6 Å². The molecule has 2 aromatic rings. The highest BCUT2D eigenvalue weighted by Crippen LogP contribution is 2.33. The molecule has 0 bridgehead atoms. The zero-order valence-electron chi connectivity index (χ0n) is 10.3. The minimum Gasteiger partial charge on any atom is -0.397 e. The van der Waals surface area contributed by atoms with E-state index in [9.17, 15) is 13.0 Å². The summed E-state index contributed by atoms with van der Waals surface area (Å²) in [4.78, 5) is 0. The summed E-state index contributed by atoms with van der Waals surface area (Å²) in [6, 6.07) is 14.0. The van der Waals surface area contributed by atoms with Crippen LogP contribution < -0.4 is 10.0 Å². The lowest BCUT2D eigenvalue weighted by atomic mass is 10.2. The predicted octanol–water partition coefficient (Wildman–Crippen LogP) is 2.08. The summed E-state index contributed by atoms with van der Waals surface area (Å²) in [5, 5.41) is 8.89. The first-order chi connectivity index (χ1) is 9.43. The lowest BCUT2D eigenvalue weighted by molar-refractivity contribution is 0.483. The number of nitrogen functional groups attached to an aromatic ring is 1. The Morgan fingerprint density at radius 1 is 1.15 bits per heavy atom. The average Bonchev–Trinajstić information content (AvgIpc) is 2.41. The van der Waals surface area contributed by atoms with Gasteiger partial charge in [-0.1, -0.05) is 18.2 Å². The van der Waals surface area contributed by atoms with E-state index in [1.54, 1.807) is 18.2 Å². The minimum atomic E-state index is -4.57. The van der Waals surface area contributed by atoms with Gasteiger partial charge in [-0.15, -0.1) is 0 Å². The highest BCUT2D eigenvalue weighted by atomic mass is 32.2. The van der Waals surface area contributed by atoms with E-state index in [4.69, 9.17) is 11.0 Å². The Morgan fingerprint density at radius 2 is 1.80 bits per heavy atom. The van der Waals surface area contributed by atoms with Gasteiger partial charge < -0.3 is 5.73 Å². The van der Waals surface area contributed by atoms with Gasteiger partial charge in [0, 0.05) is 0 Å². The number of benzene rings is 2. The third-order valence-corrected chi connectivity index (χ3v) is 3.47. The molecule has 0 aliphatic carbocycles. The zero-order valence-corrected chi connectivity index (χ0v) is 11.1. The molecule has 2 rings (SSSR count). The van der Waals surface area contributed by atoms with Gasteiger partial charge in [-0.2, -0.15) is 13.7 Å². The van der Waals surface area contributed by atoms with Gasteiger partial charge in [-0.3, -0.25) is 4.55 Å². The molecule has 0 saturated carbocycles. The van der Waals surface area contributed by atoms with Crippen molar-refractivity contribution in [3.8, 4) is 6.07 Å². The lowest BCUT2D eigenvalue weighted by Crippen LogP contribution is -2.26. The molecular formula is C13H11N3O3S. The van der Waals surface area contributed by atoms with E-state index in [0.717, 1.165) is 0 Å². The third kappa shape index (κ3) is 2.71. The Hall–Kier alpha value is -2.56. The highest BCUT2D eigenvalue weighted by Gasteiger charge is 2.24. The largest absolute Gasteiger partial charge is 0.397 e. The Bertz CT molecular complexity index is 767. The maximum absolute atomic E-state index is 11.6. The summed E-state index contributed by atoms with van der Waals surface area (Å²) in [6.45, 7) is 0. The molecule has 0 saturated heterocycles. The standard InChI is InChI=1S/C13H11N3O3S/c14-9-10-6-7-12(15)13(8-10)16(20(17,18)19)11-4-2-1-3-5-11/h1-8H,15H2,(H,17,18,19). The quantitative estimate of drug-likeness (QED) is 0.664. The number of nitrogens with two attached hydrogens (primary N) is 1. The van der Waals surface area contributed by atoms with Crippen LogP contribution in [-0.4, -0.2) is 13.0 Å². The van der Waals surface area contributed by atoms with Crippen molar-refractivity contribution in [2.75, 3.05) is 10.0 Å². The summed E-state index contributed by atoms with van der Waals surface area (Å²) in [5.74, 6) is 0. The fourth-order valence-corrected chi connectivity index (χ4v) is 2.54. The highest BCUT2D eigenvalue weighted by molar-refractivity contribution is 7.87. The van der Waals surface area contributed by atoms with Gasteiger partial charge in [0.1, 0.15) is 0 Å². The maximum atomic E-state index is 11.6. The van der Waals surface area contributed by atoms with Gasteiger partial charge in [0.25, 0.3) is 0 Å². The molecule has 2 aromatic carbocycles. The van der Waals surface area contributed by atoms with Crippen LogP contribution in [0.25, 0.3) is 0 Å². The second kappa shape index (κ2) is 5.21. The van der Waals surface area contributed by atoms with Crippen LogP contribution in [-0.2, 0) is 10.3 Å². The van der Waals surface area contributed by atoms with Crippen LogP contribution in [0.1, 0.15) is 5.56 Å². The second-order valence-electron chi connectivity index (χ2n) is 3.96. The van der Waals surface area contributed by atoms with Crippen LogP contribution in [0.3, 0.4) is 0 Å². The Balaban J connectivity index is 2.69. The molecule has 102 valence electrons. The molecule has 0 fully saturated rings. The number of anilines is 3. The van der Waals surface area contributed by atoms with Gasteiger partial charge in [0.05, 0.1) is 28.7 Å². The van der Waals surface area contributed by atoms with Crippen molar-refractivity contribution in [3.05, 3.63) is 54.1 Å². The van der Waals surface area contributed by atoms with Crippen molar-refractivity contribution in [2.45, 2.75) is 0 Å². The normalized spacial score (nSPS) is 10.8. The van der Waals surface area contributed by atoms with E-state index >= 15 is 0 Å². The van der Waals surface area contributed by atoms with Gasteiger partial charge in [0.2, 0.25) is 0 Å². The van der Waals surface area contributed by atoms with Crippen LogP contribution >= 0.6 is 0 Å². The molecule has 7 heteroatoms. The third-order valence-electron chi connectivity index (χ3n) is 2.60. The van der Waals surface area contributed by atoms with Crippen molar-refractivity contribution < 1.29 is 13.0 Å². The molecule has 0 atom stereocenters. The summed E-state index contributed by atoms with van der Waals surface area (Å²) < 4.78 is 33.4. The lowest BCUT2D eigenvalue weighted by Gasteiger charge is -2.22. The smallest absolute Gasteiger partial charge is 0.364 e. The van der Waals surface area contributed by atoms with Crippen LogP contribution in [0.15, 0.2) is 48.5 Å². The van der Waals surface area contributed by atoms with Crippen molar-refractivity contribution in [1.82, 2.24) is 0 Å². The average molecular weight is 289 g/mol. The number of hydrogen-bond donors (Lipinski definition) is 2. The van der Waals surface area contributed by atoms with Crippen LogP contribution in [0, 0.1) is 11.3 Å². The van der Waals surface area contributed by atoms with E-state index in [1.807, 2.05) is 6.07 Å². The molecule has 0 heterocycles.